The lowest BCUT2D eigenvalue weighted by molar-refractivity contribution is -0.0823. The lowest BCUT2D eigenvalue weighted by atomic mass is 9.49. The van der Waals surface area contributed by atoms with Crippen molar-refractivity contribution in [3.05, 3.63) is 48.3 Å². The smallest absolute Gasteiger partial charge is 0.0626 e. The second-order valence-electron chi connectivity index (χ2n) is 10.3. The Kier molecular flexibility index (Phi) is 5.74. The summed E-state index contributed by atoms with van der Waals surface area (Å²) in [5, 5.41) is 20.9. The highest BCUT2D eigenvalue weighted by Gasteiger charge is 2.56. The van der Waals surface area contributed by atoms with Crippen molar-refractivity contribution in [3.8, 4) is 0 Å². The molecule has 3 aliphatic carbocycles. The second kappa shape index (κ2) is 8.00. The molecule has 3 fully saturated rings. The van der Waals surface area contributed by atoms with Gasteiger partial charge < -0.3 is 10.2 Å². The lowest BCUT2D eigenvalue weighted by Gasteiger charge is -2.56. The van der Waals surface area contributed by atoms with Gasteiger partial charge in [-0.3, -0.25) is 4.98 Å². The standard InChI is InChI=1S/C26H37NO2/c1-18-7-10-23-22(17-28)24(12-14-25(18,23)2)26(3)13-11-21(29)16-19(26)8-9-20-6-4-5-15-27-20/h4-6,8-9,15,19,21-24,28-29H,1,7,10-14,16-17H2,2-3H3/b9-8+/t19-,21-,22+,23?,24?,25-,26-/m0/s1. The number of nitrogens with zero attached hydrogens (tertiary/aromatic N) is 1. The monoisotopic (exact) mass is 395 g/mol. The van der Waals surface area contributed by atoms with E-state index in [-0.39, 0.29) is 23.5 Å². The molecule has 1 heterocycles. The van der Waals surface area contributed by atoms with Gasteiger partial charge in [-0.25, -0.2) is 0 Å². The summed E-state index contributed by atoms with van der Waals surface area (Å²) in [5.74, 6) is 1.67. The second-order valence-corrected chi connectivity index (χ2v) is 10.3. The third kappa shape index (κ3) is 3.61. The van der Waals surface area contributed by atoms with Crippen molar-refractivity contribution in [2.45, 2.75) is 64.9 Å². The van der Waals surface area contributed by atoms with Crippen molar-refractivity contribution in [2.24, 2.45) is 34.5 Å². The highest BCUT2D eigenvalue weighted by molar-refractivity contribution is 5.44. The Bertz CT molecular complexity index is 759. The maximum Gasteiger partial charge on any atom is 0.0626 e. The molecule has 1 aromatic rings. The number of aliphatic hydroxyl groups is 2. The number of allylic oxidation sites excluding steroid dienone is 2. The van der Waals surface area contributed by atoms with Crippen LogP contribution in [-0.4, -0.2) is 27.9 Å². The average molecular weight is 396 g/mol. The third-order valence-electron chi connectivity index (χ3n) is 9.03. The van der Waals surface area contributed by atoms with Crippen LogP contribution in [0.3, 0.4) is 0 Å². The van der Waals surface area contributed by atoms with Crippen LogP contribution < -0.4 is 0 Å². The molecular weight excluding hydrogens is 358 g/mol. The van der Waals surface area contributed by atoms with Crippen LogP contribution in [0.1, 0.15) is 64.5 Å². The molecule has 0 radical (unpaired) electrons. The van der Waals surface area contributed by atoms with Crippen LogP contribution in [0.25, 0.3) is 6.08 Å². The number of rotatable bonds is 4. The van der Waals surface area contributed by atoms with Crippen LogP contribution in [0.5, 0.6) is 0 Å². The van der Waals surface area contributed by atoms with Crippen LogP contribution in [0.15, 0.2) is 42.6 Å². The molecule has 0 aromatic carbocycles. The average Bonchev–Trinajstić information content (AvgIpc) is 3.03. The molecule has 2 N–H and O–H groups in total. The molecule has 0 saturated heterocycles. The van der Waals surface area contributed by atoms with E-state index in [9.17, 15) is 10.2 Å². The predicted molar refractivity (Wildman–Crippen MR) is 118 cm³/mol. The fraction of sp³-hybridized carbons (Fsp3) is 0.654. The predicted octanol–water partition coefficient (Wildman–Crippen LogP) is 5.25. The first-order chi connectivity index (χ1) is 13.9. The van der Waals surface area contributed by atoms with E-state index in [2.05, 4.69) is 37.6 Å². The number of aliphatic hydroxyl groups excluding tert-OH is 2. The summed E-state index contributed by atoms with van der Waals surface area (Å²) in [7, 11) is 0. The Morgan fingerprint density at radius 3 is 2.72 bits per heavy atom. The minimum Gasteiger partial charge on any atom is -0.396 e. The van der Waals surface area contributed by atoms with Crippen molar-refractivity contribution in [1.82, 2.24) is 4.98 Å². The highest BCUT2D eigenvalue weighted by atomic mass is 16.3. The van der Waals surface area contributed by atoms with Crippen molar-refractivity contribution >= 4 is 6.08 Å². The molecule has 0 spiro atoms. The molecule has 3 aliphatic rings. The third-order valence-corrected chi connectivity index (χ3v) is 9.03. The molecule has 158 valence electrons. The van der Waals surface area contributed by atoms with Gasteiger partial charge in [0, 0.05) is 12.8 Å². The van der Waals surface area contributed by atoms with Crippen LogP contribution in [0.4, 0.5) is 0 Å². The van der Waals surface area contributed by atoms with Gasteiger partial charge in [0.2, 0.25) is 0 Å². The minimum absolute atomic E-state index is 0.100. The zero-order valence-corrected chi connectivity index (χ0v) is 18.1. The van der Waals surface area contributed by atoms with E-state index in [0.29, 0.717) is 23.7 Å². The van der Waals surface area contributed by atoms with Gasteiger partial charge in [-0.2, -0.15) is 0 Å². The Hall–Kier alpha value is -1.45. The topological polar surface area (TPSA) is 53.4 Å². The van der Waals surface area contributed by atoms with Gasteiger partial charge >= 0.3 is 0 Å². The summed E-state index contributed by atoms with van der Waals surface area (Å²) in [6.45, 7) is 9.47. The molecule has 3 saturated carbocycles. The number of aromatic nitrogens is 1. The Balaban J connectivity index is 1.63. The van der Waals surface area contributed by atoms with E-state index in [4.69, 9.17) is 0 Å². The summed E-state index contributed by atoms with van der Waals surface area (Å²) >= 11 is 0. The van der Waals surface area contributed by atoms with Crippen molar-refractivity contribution in [1.29, 1.82) is 0 Å². The minimum atomic E-state index is -0.228. The zero-order valence-electron chi connectivity index (χ0n) is 18.1. The van der Waals surface area contributed by atoms with Crippen molar-refractivity contribution < 1.29 is 10.2 Å². The number of fused-ring (bicyclic) bond motifs is 1. The van der Waals surface area contributed by atoms with Gasteiger partial charge in [0.15, 0.2) is 0 Å². The maximum absolute atomic E-state index is 10.5. The molecule has 2 unspecified atom stereocenters. The molecule has 1 aromatic heterocycles. The first kappa shape index (κ1) is 20.8. The van der Waals surface area contributed by atoms with Crippen LogP contribution in [0, 0.1) is 34.5 Å². The van der Waals surface area contributed by atoms with Gasteiger partial charge in [-0.15, -0.1) is 0 Å². The van der Waals surface area contributed by atoms with E-state index >= 15 is 0 Å². The molecule has 0 bridgehead atoms. The molecular formula is C26H37NO2. The SMILES string of the molecule is C=C1CCC2[C@@H](CO)C([C@@]3(C)CC[C@H](O)C[C@@H]3/C=C/c3ccccn3)CC[C@@]12C. The molecule has 7 atom stereocenters. The molecule has 29 heavy (non-hydrogen) atoms. The first-order valence-corrected chi connectivity index (χ1v) is 11.4. The van der Waals surface area contributed by atoms with Gasteiger partial charge in [0.25, 0.3) is 0 Å². The molecule has 3 heteroatoms. The van der Waals surface area contributed by atoms with E-state index in [1.54, 1.807) is 0 Å². The first-order valence-electron chi connectivity index (χ1n) is 11.4. The molecule has 3 nitrogen and oxygen atoms in total. The lowest BCUT2D eigenvalue weighted by Crippen LogP contribution is -2.50. The van der Waals surface area contributed by atoms with Gasteiger partial charge in [-0.1, -0.05) is 38.1 Å². The summed E-state index contributed by atoms with van der Waals surface area (Å²) in [5.41, 5.74) is 2.67. The number of hydrogen-bond donors (Lipinski definition) is 2. The molecule has 0 aliphatic heterocycles. The fourth-order valence-corrected chi connectivity index (χ4v) is 7.06. The van der Waals surface area contributed by atoms with Gasteiger partial charge in [-0.05, 0) is 97.7 Å². The van der Waals surface area contributed by atoms with E-state index in [1.165, 1.54) is 18.4 Å². The van der Waals surface area contributed by atoms with Crippen LogP contribution in [0.2, 0.25) is 0 Å². The van der Waals surface area contributed by atoms with Crippen molar-refractivity contribution in [3.63, 3.8) is 0 Å². The highest BCUT2D eigenvalue weighted by Crippen LogP contribution is 2.63. The summed E-state index contributed by atoms with van der Waals surface area (Å²) < 4.78 is 0. The summed E-state index contributed by atoms with van der Waals surface area (Å²) in [6, 6.07) is 5.98. The van der Waals surface area contributed by atoms with E-state index in [0.717, 1.165) is 37.8 Å². The Labute approximate surface area is 176 Å². The zero-order chi connectivity index (χ0) is 20.6. The van der Waals surface area contributed by atoms with Gasteiger partial charge in [0.1, 0.15) is 0 Å². The largest absolute Gasteiger partial charge is 0.396 e. The van der Waals surface area contributed by atoms with E-state index in [1.807, 2.05) is 24.4 Å². The van der Waals surface area contributed by atoms with E-state index < -0.39 is 0 Å². The molecule has 0 amide bonds. The summed E-state index contributed by atoms with van der Waals surface area (Å²) in [6.07, 6.45) is 13.3. The fourth-order valence-electron chi connectivity index (χ4n) is 7.06. The summed E-state index contributed by atoms with van der Waals surface area (Å²) in [4.78, 5) is 4.44. The number of hydrogen-bond acceptors (Lipinski definition) is 3. The Morgan fingerprint density at radius 2 is 2.00 bits per heavy atom. The quantitative estimate of drug-likeness (QED) is 0.684. The Morgan fingerprint density at radius 1 is 1.17 bits per heavy atom. The molecule has 4 rings (SSSR count). The number of pyridine rings is 1. The van der Waals surface area contributed by atoms with Crippen molar-refractivity contribution in [2.75, 3.05) is 6.61 Å². The maximum atomic E-state index is 10.5. The normalized spacial score (nSPS) is 42.9. The van der Waals surface area contributed by atoms with Gasteiger partial charge in [0.05, 0.1) is 11.8 Å². The van der Waals surface area contributed by atoms with Crippen LogP contribution in [-0.2, 0) is 0 Å². The van der Waals surface area contributed by atoms with Crippen LogP contribution >= 0.6 is 0 Å².